The molecule has 0 amide bonds. The van der Waals surface area contributed by atoms with Gasteiger partial charge in [0, 0.05) is 4.83 Å². The molecule has 0 nitrogen and oxygen atoms in total. The Kier molecular flexibility index (Phi) is 4.57. The van der Waals surface area contributed by atoms with Crippen molar-refractivity contribution in [1.82, 2.24) is 0 Å². The number of rotatable bonds is 2. The number of halogens is 3. The fraction of sp³-hybridized carbons (Fsp3) is 0.538. The van der Waals surface area contributed by atoms with E-state index in [-0.39, 0.29) is 0 Å². The lowest BCUT2D eigenvalue weighted by molar-refractivity contribution is 0.368. The van der Waals surface area contributed by atoms with Crippen LogP contribution in [-0.4, -0.2) is 4.83 Å². The minimum Gasteiger partial charge on any atom is -0.0891 e. The van der Waals surface area contributed by atoms with Gasteiger partial charge in [-0.05, 0) is 42.9 Å². The van der Waals surface area contributed by atoms with Crippen LogP contribution >= 0.6 is 39.1 Å². The Labute approximate surface area is 115 Å². The number of hydrogen-bond donors (Lipinski definition) is 0. The Hall–Kier alpha value is 0.280. The zero-order valence-electron chi connectivity index (χ0n) is 9.06. The van der Waals surface area contributed by atoms with E-state index in [0.29, 0.717) is 14.9 Å². The molecule has 0 heterocycles. The Morgan fingerprint density at radius 3 is 2.69 bits per heavy atom. The minimum atomic E-state index is 0.646. The smallest absolute Gasteiger partial charge is 0.0595 e. The van der Waals surface area contributed by atoms with Crippen LogP contribution in [0.5, 0.6) is 0 Å². The third-order valence-electron chi connectivity index (χ3n) is 3.23. The normalized spacial score (nSPS) is 25.7. The second-order valence-electron chi connectivity index (χ2n) is 4.58. The van der Waals surface area contributed by atoms with E-state index in [0.717, 1.165) is 12.3 Å². The van der Waals surface area contributed by atoms with Gasteiger partial charge in [-0.3, -0.25) is 0 Å². The largest absolute Gasteiger partial charge is 0.0891 e. The van der Waals surface area contributed by atoms with Crippen LogP contribution in [0.25, 0.3) is 0 Å². The Balaban J connectivity index is 2.00. The maximum Gasteiger partial charge on any atom is 0.0595 e. The van der Waals surface area contributed by atoms with Crippen LogP contribution in [-0.2, 0) is 6.42 Å². The minimum absolute atomic E-state index is 0.646. The molecule has 1 aliphatic carbocycles. The summed E-state index contributed by atoms with van der Waals surface area (Å²) in [6, 6.07) is 5.99. The van der Waals surface area contributed by atoms with Crippen LogP contribution < -0.4 is 0 Å². The first-order chi connectivity index (χ1) is 7.65. The third-order valence-corrected chi connectivity index (χ3v) is 4.80. The highest BCUT2D eigenvalue weighted by atomic mass is 79.9. The van der Waals surface area contributed by atoms with Crippen molar-refractivity contribution < 1.29 is 0 Å². The third kappa shape index (κ3) is 3.38. The van der Waals surface area contributed by atoms with E-state index in [9.17, 15) is 0 Å². The van der Waals surface area contributed by atoms with Gasteiger partial charge >= 0.3 is 0 Å². The van der Waals surface area contributed by atoms with Crippen LogP contribution in [0, 0.1) is 5.92 Å². The molecule has 2 unspecified atom stereocenters. The van der Waals surface area contributed by atoms with E-state index in [2.05, 4.69) is 22.0 Å². The molecule has 2 atom stereocenters. The van der Waals surface area contributed by atoms with Gasteiger partial charge in [-0.15, -0.1) is 0 Å². The molecule has 0 spiro atoms. The summed E-state index contributed by atoms with van der Waals surface area (Å²) in [5, 5.41) is 1.32. The first-order valence-corrected chi connectivity index (χ1v) is 7.40. The fourth-order valence-electron chi connectivity index (χ4n) is 2.41. The van der Waals surface area contributed by atoms with Gasteiger partial charge in [-0.1, -0.05) is 58.0 Å². The second kappa shape index (κ2) is 5.75. The molecule has 88 valence electrons. The van der Waals surface area contributed by atoms with E-state index in [1.807, 2.05) is 12.1 Å². The van der Waals surface area contributed by atoms with E-state index in [4.69, 9.17) is 23.2 Å². The topological polar surface area (TPSA) is 0 Å². The molecule has 1 saturated carbocycles. The first kappa shape index (κ1) is 12.7. The molecule has 1 fully saturated rings. The summed E-state index contributed by atoms with van der Waals surface area (Å²) in [4.78, 5) is 0.703. The lowest BCUT2D eigenvalue weighted by Gasteiger charge is -2.25. The standard InChI is InChI=1S/C13H15BrCl2/c14-11-3-1-2-9(7-11)6-10-4-5-12(15)13(16)8-10/h4-5,8-9,11H,1-3,6-7H2. The fourth-order valence-corrected chi connectivity index (χ4v) is 3.58. The maximum absolute atomic E-state index is 6.02. The Morgan fingerprint density at radius 2 is 2.00 bits per heavy atom. The summed E-state index contributed by atoms with van der Waals surface area (Å²) >= 11 is 15.6. The predicted octanol–water partition coefficient (Wildman–Crippen LogP) is 5.49. The summed E-state index contributed by atoms with van der Waals surface area (Å²) in [5.41, 5.74) is 1.31. The highest BCUT2D eigenvalue weighted by molar-refractivity contribution is 9.09. The van der Waals surface area contributed by atoms with E-state index < -0.39 is 0 Å². The van der Waals surface area contributed by atoms with Crippen molar-refractivity contribution in [2.24, 2.45) is 5.92 Å². The molecule has 1 aliphatic rings. The van der Waals surface area contributed by atoms with Gasteiger partial charge in [0.15, 0.2) is 0 Å². The first-order valence-electron chi connectivity index (χ1n) is 5.73. The SMILES string of the molecule is Clc1ccc(CC2CCCC(Br)C2)cc1Cl. The van der Waals surface area contributed by atoms with Crippen LogP contribution in [0.1, 0.15) is 31.2 Å². The molecule has 1 aromatic carbocycles. The van der Waals surface area contributed by atoms with Crippen LogP contribution in [0.15, 0.2) is 18.2 Å². The molecule has 3 heteroatoms. The zero-order valence-corrected chi connectivity index (χ0v) is 12.2. The Bertz CT molecular complexity index is 365. The number of alkyl halides is 1. The van der Waals surface area contributed by atoms with Gasteiger partial charge < -0.3 is 0 Å². The summed E-state index contributed by atoms with van der Waals surface area (Å²) in [6.07, 6.45) is 6.39. The van der Waals surface area contributed by atoms with Gasteiger partial charge in [0.2, 0.25) is 0 Å². The van der Waals surface area contributed by atoms with Crippen LogP contribution in [0.2, 0.25) is 10.0 Å². The zero-order chi connectivity index (χ0) is 11.5. The molecule has 0 N–H and O–H groups in total. The molecule has 0 aromatic heterocycles. The average Bonchev–Trinajstić information content (AvgIpc) is 2.24. The molecule has 16 heavy (non-hydrogen) atoms. The molecule has 0 aliphatic heterocycles. The van der Waals surface area contributed by atoms with Crippen LogP contribution in [0.3, 0.4) is 0 Å². The molecule has 0 saturated heterocycles. The van der Waals surface area contributed by atoms with E-state index in [1.165, 1.54) is 31.2 Å². The molecule has 0 bridgehead atoms. The van der Waals surface area contributed by atoms with Crippen molar-refractivity contribution in [2.75, 3.05) is 0 Å². The predicted molar refractivity (Wildman–Crippen MR) is 74.8 cm³/mol. The number of hydrogen-bond acceptors (Lipinski definition) is 0. The van der Waals surface area contributed by atoms with Gasteiger partial charge in [0.05, 0.1) is 10.0 Å². The molecule has 1 aromatic rings. The van der Waals surface area contributed by atoms with E-state index in [1.54, 1.807) is 0 Å². The molecular weight excluding hydrogens is 307 g/mol. The highest BCUT2D eigenvalue weighted by Crippen LogP contribution is 2.32. The van der Waals surface area contributed by atoms with Crippen molar-refractivity contribution in [3.63, 3.8) is 0 Å². The van der Waals surface area contributed by atoms with Crippen molar-refractivity contribution in [2.45, 2.75) is 36.9 Å². The van der Waals surface area contributed by atoms with Gasteiger partial charge in [0.25, 0.3) is 0 Å². The lowest BCUT2D eigenvalue weighted by atomic mass is 9.85. The monoisotopic (exact) mass is 320 g/mol. The van der Waals surface area contributed by atoms with Crippen molar-refractivity contribution >= 4 is 39.1 Å². The average molecular weight is 322 g/mol. The highest BCUT2D eigenvalue weighted by Gasteiger charge is 2.20. The summed E-state index contributed by atoms with van der Waals surface area (Å²) in [6.45, 7) is 0. The van der Waals surface area contributed by atoms with E-state index >= 15 is 0 Å². The molecular formula is C13H15BrCl2. The molecule has 2 rings (SSSR count). The van der Waals surface area contributed by atoms with Gasteiger partial charge in [0.1, 0.15) is 0 Å². The summed E-state index contributed by atoms with van der Waals surface area (Å²) in [5.74, 6) is 0.787. The quantitative estimate of drug-likeness (QED) is 0.632. The second-order valence-corrected chi connectivity index (χ2v) is 6.69. The Morgan fingerprint density at radius 1 is 1.19 bits per heavy atom. The summed E-state index contributed by atoms with van der Waals surface area (Å²) in [7, 11) is 0. The van der Waals surface area contributed by atoms with Crippen molar-refractivity contribution in [3.8, 4) is 0 Å². The van der Waals surface area contributed by atoms with Crippen molar-refractivity contribution in [1.29, 1.82) is 0 Å². The molecule has 0 radical (unpaired) electrons. The lowest BCUT2D eigenvalue weighted by Crippen LogP contribution is -2.17. The van der Waals surface area contributed by atoms with Gasteiger partial charge in [-0.25, -0.2) is 0 Å². The number of benzene rings is 1. The van der Waals surface area contributed by atoms with Gasteiger partial charge in [-0.2, -0.15) is 0 Å². The van der Waals surface area contributed by atoms with Crippen molar-refractivity contribution in [3.05, 3.63) is 33.8 Å². The van der Waals surface area contributed by atoms with Crippen LogP contribution in [0.4, 0.5) is 0 Å². The maximum atomic E-state index is 6.02. The summed E-state index contributed by atoms with van der Waals surface area (Å²) < 4.78 is 0.